The van der Waals surface area contributed by atoms with Gasteiger partial charge in [-0.3, -0.25) is 0 Å². The maximum atomic E-state index is 13.3. The summed E-state index contributed by atoms with van der Waals surface area (Å²) in [6.45, 7) is 0.595. The smallest absolute Gasteiger partial charge is 0.138 e. The third kappa shape index (κ3) is 3.06. The molecule has 2 aromatic rings. The van der Waals surface area contributed by atoms with E-state index >= 15 is 0 Å². The normalized spacial score (nSPS) is 10.5. The number of nitrogens with one attached hydrogen (secondary N) is 1. The van der Waals surface area contributed by atoms with E-state index in [1.807, 2.05) is 19.2 Å². The van der Waals surface area contributed by atoms with Gasteiger partial charge >= 0.3 is 0 Å². The zero-order valence-corrected chi connectivity index (χ0v) is 11.6. The molecular weight excluding hydrogens is 265 g/mol. The zero-order chi connectivity index (χ0) is 13.8. The number of methoxy groups -OCH3 is 1. The van der Waals surface area contributed by atoms with E-state index in [1.54, 1.807) is 19.2 Å². The molecule has 0 amide bonds. The molecule has 19 heavy (non-hydrogen) atoms. The van der Waals surface area contributed by atoms with Crippen LogP contribution in [0.15, 0.2) is 36.4 Å². The topological polar surface area (TPSA) is 21.3 Å². The number of hydrogen-bond donors (Lipinski definition) is 1. The maximum Gasteiger partial charge on any atom is 0.138 e. The molecule has 0 atom stereocenters. The fraction of sp³-hybridized carbons (Fsp3) is 0.200. The van der Waals surface area contributed by atoms with Crippen LogP contribution in [0.2, 0.25) is 5.02 Å². The second-order valence-corrected chi connectivity index (χ2v) is 4.59. The Morgan fingerprint density at radius 1 is 1.21 bits per heavy atom. The molecule has 0 aliphatic heterocycles. The molecule has 2 rings (SSSR count). The van der Waals surface area contributed by atoms with Crippen molar-refractivity contribution in [2.75, 3.05) is 14.2 Å². The van der Waals surface area contributed by atoms with Crippen molar-refractivity contribution in [3.8, 4) is 16.9 Å². The van der Waals surface area contributed by atoms with Crippen LogP contribution in [0, 0.1) is 5.82 Å². The van der Waals surface area contributed by atoms with E-state index in [0.29, 0.717) is 17.3 Å². The van der Waals surface area contributed by atoms with E-state index in [4.69, 9.17) is 16.3 Å². The third-order valence-electron chi connectivity index (χ3n) is 2.90. The second kappa shape index (κ2) is 6.04. The molecule has 0 bridgehead atoms. The first kappa shape index (κ1) is 13.8. The van der Waals surface area contributed by atoms with Crippen LogP contribution in [-0.2, 0) is 6.54 Å². The van der Waals surface area contributed by atoms with Gasteiger partial charge in [0.05, 0.1) is 12.1 Å². The molecule has 100 valence electrons. The van der Waals surface area contributed by atoms with Crippen molar-refractivity contribution < 1.29 is 9.13 Å². The quantitative estimate of drug-likeness (QED) is 0.917. The average molecular weight is 280 g/mol. The van der Waals surface area contributed by atoms with Crippen LogP contribution in [-0.4, -0.2) is 14.2 Å². The van der Waals surface area contributed by atoms with Crippen molar-refractivity contribution in [1.82, 2.24) is 5.32 Å². The van der Waals surface area contributed by atoms with Gasteiger partial charge in [-0.15, -0.1) is 0 Å². The summed E-state index contributed by atoms with van der Waals surface area (Å²) in [5.41, 5.74) is 2.81. The van der Waals surface area contributed by atoms with Crippen LogP contribution in [0.3, 0.4) is 0 Å². The summed E-state index contributed by atoms with van der Waals surface area (Å²) in [7, 11) is 3.40. The largest absolute Gasteiger partial charge is 0.495 e. The number of rotatable bonds is 4. The summed E-state index contributed by atoms with van der Waals surface area (Å²) in [4.78, 5) is 0. The Balaban J connectivity index is 2.51. The highest BCUT2D eigenvalue weighted by atomic mass is 35.5. The molecule has 0 fully saturated rings. The summed E-state index contributed by atoms with van der Waals surface area (Å²) in [6, 6.07) is 10.3. The van der Waals surface area contributed by atoms with Crippen LogP contribution < -0.4 is 10.1 Å². The highest BCUT2D eigenvalue weighted by molar-refractivity contribution is 6.32. The molecule has 2 aromatic carbocycles. The van der Waals surface area contributed by atoms with Crippen molar-refractivity contribution in [2.45, 2.75) is 6.54 Å². The molecule has 2 nitrogen and oxygen atoms in total. The van der Waals surface area contributed by atoms with Crippen LogP contribution in [0.5, 0.6) is 5.75 Å². The summed E-state index contributed by atoms with van der Waals surface area (Å²) in [5, 5.41) is 3.60. The van der Waals surface area contributed by atoms with Gasteiger partial charge in [0.1, 0.15) is 11.6 Å². The predicted octanol–water partition coefficient (Wildman–Crippen LogP) is 3.87. The predicted molar refractivity (Wildman–Crippen MR) is 76.2 cm³/mol. The van der Waals surface area contributed by atoms with Crippen LogP contribution in [0.1, 0.15) is 5.56 Å². The number of benzene rings is 2. The molecule has 0 heterocycles. The lowest BCUT2D eigenvalue weighted by molar-refractivity contribution is 0.415. The Hall–Kier alpha value is -1.58. The Kier molecular flexibility index (Phi) is 4.40. The summed E-state index contributed by atoms with van der Waals surface area (Å²) < 4.78 is 18.5. The highest BCUT2D eigenvalue weighted by Crippen LogP contribution is 2.32. The van der Waals surface area contributed by atoms with E-state index < -0.39 is 0 Å². The first-order chi connectivity index (χ1) is 9.15. The number of halogens is 2. The molecule has 0 saturated heterocycles. The van der Waals surface area contributed by atoms with Crippen LogP contribution in [0.4, 0.5) is 4.39 Å². The van der Waals surface area contributed by atoms with E-state index in [2.05, 4.69) is 5.32 Å². The summed E-state index contributed by atoms with van der Waals surface area (Å²) in [5.74, 6) is 0.369. The maximum absolute atomic E-state index is 13.3. The molecule has 0 aliphatic rings. The third-order valence-corrected chi connectivity index (χ3v) is 3.21. The SMILES string of the molecule is CNCc1cc(F)ccc1-c1ccc(Cl)c(OC)c1. The van der Waals surface area contributed by atoms with Gasteiger partial charge in [0, 0.05) is 6.54 Å². The van der Waals surface area contributed by atoms with Gasteiger partial charge in [0.15, 0.2) is 0 Å². The molecule has 0 saturated carbocycles. The Morgan fingerprint density at radius 2 is 2.00 bits per heavy atom. The minimum Gasteiger partial charge on any atom is -0.495 e. The van der Waals surface area contributed by atoms with E-state index in [1.165, 1.54) is 12.1 Å². The van der Waals surface area contributed by atoms with Crippen molar-refractivity contribution in [3.05, 3.63) is 52.8 Å². The van der Waals surface area contributed by atoms with Gasteiger partial charge in [-0.05, 0) is 48.0 Å². The summed E-state index contributed by atoms with van der Waals surface area (Å²) in [6.07, 6.45) is 0. The molecule has 0 aromatic heterocycles. The first-order valence-electron chi connectivity index (χ1n) is 5.92. The van der Waals surface area contributed by atoms with Crippen molar-refractivity contribution in [2.24, 2.45) is 0 Å². The van der Waals surface area contributed by atoms with Crippen molar-refractivity contribution in [3.63, 3.8) is 0 Å². The Bertz CT molecular complexity index is 586. The fourth-order valence-electron chi connectivity index (χ4n) is 2.01. The average Bonchev–Trinajstić information content (AvgIpc) is 2.40. The van der Waals surface area contributed by atoms with Gasteiger partial charge in [-0.1, -0.05) is 23.7 Å². The van der Waals surface area contributed by atoms with E-state index in [9.17, 15) is 4.39 Å². The minimum atomic E-state index is -0.241. The van der Waals surface area contributed by atoms with Gasteiger partial charge < -0.3 is 10.1 Å². The highest BCUT2D eigenvalue weighted by Gasteiger charge is 2.09. The Labute approximate surface area is 117 Å². The molecule has 0 aliphatic carbocycles. The van der Waals surface area contributed by atoms with Crippen LogP contribution >= 0.6 is 11.6 Å². The second-order valence-electron chi connectivity index (χ2n) is 4.18. The molecule has 0 spiro atoms. The van der Waals surface area contributed by atoms with Gasteiger partial charge in [0.25, 0.3) is 0 Å². The fourth-order valence-corrected chi connectivity index (χ4v) is 2.20. The van der Waals surface area contributed by atoms with E-state index in [0.717, 1.165) is 16.7 Å². The number of hydrogen-bond acceptors (Lipinski definition) is 2. The van der Waals surface area contributed by atoms with Crippen molar-refractivity contribution in [1.29, 1.82) is 0 Å². The zero-order valence-electron chi connectivity index (χ0n) is 10.8. The lowest BCUT2D eigenvalue weighted by Crippen LogP contribution is -2.06. The lowest BCUT2D eigenvalue weighted by atomic mass is 9.99. The van der Waals surface area contributed by atoms with Crippen LogP contribution in [0.25, 0.3) is 11.1 Å². The van der Waals surface area contributed by atoms with Gasteiger partial charge in [-0.2, -0.15) is 0 Å². The molecule has 4 heteroatoms. The molecule has 0 radical (unpaired) electrons. The van der Waals surface area contributed by atoms with Crippen molar-refractivity contribution >= 4 is 11.6 Å². The Morgan fingerprint density at radius 3 is 2.68 bits per heavy atom. The van der Waals surface area contributed by atoms with E-state index in [-0.39, 0.29) is 5.82 Å². The minimum absolute atomic E-state index is 0.241. The van der Waals surface area contributed by atoms with Gasteiger partial charge in [0.2, 0.25) is 0 Å². The standard InChI is InChI=1S/C15H15ClFNO/c1-18-9-11-7-12(17)4-5-13(11)10-3-6-14(16)15(8-10)19-2/h3-8,18H,9H2,1-2H3. The molecule has 1 N–H and O–H groups in total. The lowest BCUT2D eigenvalue weighted by Gasteiger charge is -2.11. The molecule has 0 unspecified atom stereocenters. The number of ether oxygens (including phenoxy) is 1. The molecular formula is C15H15ClFNO. The van der Waals surface area contributed by atoms with Gasteiger partial charge in [-0.25, -0.2) is 4.39 Å². The first-order valence-corrected chi connectivity index (χ1v) is 6.30. The monoisotopic (exact) mass is 279 g/mol. The summed E-state index contributed by atoms with van der Waals surface area (Å²) >= 11 is 6.01.